The first-order chi connectivity index (χ1) is 6.77. The largest absolute Gasteiger partial charge is 0.373 e. The van der Waals surface area contributed by atoms with Crippen molar-refractivity contribution in [2.24, 2.45) is 5.92 Å². The fraction of sp³-hybridized carbons (Fsp3) is 0.417. The second-order valence-corrected chi connectivity index (χ2v) is 3.82. The monoisotopic (exact) mass is 190 g/mol. The molecule has 14 heavy (non-hydrogen) atoms. The molecule has 0 N–H and O–H groups in total. The van der Waals surface area contributed by atoms with Crippen molar-refractivity contribution in [2.75, 3.05) is 6.61 Å². The number of hydrogen-bond acceptors (Lipinski definition) is 2. The minimum absolute atomic E-state index is 0.0740. The first kappa shape index (κ1) is 9.41. The topological polar surface area (TPSA) is 29.6 Å². The van der Waals surface area contributed by atoms with Gasteiger partial charge in [0.2, 0.25) is 0 Å². The molecule has 0 amide bonds. The van der Waals surface area contributed by atoms with Crippen molar-refractivity contribution in [2.45, 2.75) is 19.4 Å². The molecular formula is C12H14O2. The van der Waals surface area contributed by atoms with E-state index in [4.69, 9.17) is 4.74 Å². The van der Waals surface area contributed by atoms with Crippen LogP contribution in [0.4, 0.5) is 0 Å². The van der Waals surface area contributed by atoms with Crippen molar-refractivity contribution < 1.29 is 9.53 Å². The van der Waals surface area contributed by atoms with Crippen LogP contribution in [0.15, 0.2) is 30.3 Å². The number of ether oxygens (including phenoxy) is 1. The van der Waals surface area contributed by atoms with Gasteiger partial charge in [0.1, 0.15) is 0 Å². The van der Waals surface area contributed by atoms with Crippen molar-refractivity contribution in [3.8, 4) is 0 Å². The predicted octanol–water partition coefficient (Wildman–Crippen LogP) is 2.29. The van der Waals surface area contributed by atoms with Crippen LogP contribution in [0.3, 0.4) is 0 Å². The van der Waals surface area contributed by atoms with E-state index in [-0.39, 0.29) is 11.7 Å². The summed E-state index contributed by atoms with van der Waals surface area (Å²) in [5.41, 5.74) is 0.806. The summed E-state index contributed by atoms with van der Waals surface area (Å²) in [7, 11) is 0. The fourth-order valence-corrected chi connectivity index (χ4v) is 1.59. The molecule has 2 rings (SSSR count). The zero-order chi connectivity index (χ0) is 9.97. The summed E-state index contributed by atoms with van der Waals surface area (Å²) in [5, 5.41) is 0. The number of benzene rings is 1. The maximum Gasteiger partial charge on any atom is 0.165 e. The number of hydrogen-bond donors (Lipinski definition) is 0. The molecule has 0 aliphatic carbocycles. The molecule has 0 aromatic heterocycles. The van der Waals surface area contributed by atoms with E-state index in [1.54, 1.807) is 0 Å². The highest BCUT2D eigenvalue weighted by Gasteiger charge is 2.27. The maximum absolute atomic E-state index is 11.9. The Morgan fingerprint density at radius 1 is 1.50 bits per heavy atom. The molecule has 2 unspecified atom stereocenters. The summed E-state index contributed by atoms with van der Waals surface area (Å²) in [5.74, 6) is 0.297. The summed E-state index contributed by atoms with van der Waals surface area (Å²) >= 11 is 0. The lowest BCUT2D eigenvalue weighted by atomic mass is 9.95. The van der Waals surface area contributed by atoms with Gasteiger partial charge in [0.05, 0.1) is 12.7 Å². The minimum Gasteiger partial charge on any atom is -0.373 e. The Bertz CT molecular complexity index is 314. The van der Waals surface area contributed by atoms with E-state index >= 15 is 0 Å². The zero-order valence-corrected chi connectivity index (χ0v) is 8.27. The smallest absolute Gasteiger partial charge is 0.165 e. The van der Waals surface area contributed by atoms with Gasteiger partial charge in [-0.3, -0.25) is 4.79 Å². The second kappa shape index (κ2) is 3.93. The SMILES string of the molecule is CC(CC1CO1)C(=O)c1ccccc1. The van der Waals surface area contributed by atoms with Crippen molar-refractivity contribution in [1.29, 1.82) is 0 Å². The Kier molecular flexibility index (Phi) is 2.64. The molecule has 1 aliphatic rings. The van der Waals surface area contributed by atoms with Crippen LogP contribution in [-0.2, 0) is 4.74 Å². The average Bonchev–Trinajstić information content (AvgIpc) is 3.02. The number of carbonyl (C=O) groups is 1. The Balaban J connectivity index is 1.99. The third-order valence-electron chi connectivity index (χ3n) is 2.52. The molecule has 2 heteroatoms. The van der Waals surface area contributed by atoms with Gasteiger partial charge >= 0.3 is 0 Å². The average molecular weight is 190 g/mol. The van der Waals surface area contributed by atoms with E-state index in [9.17, 15) is 4.79 Å². The van der Waals surface area contributed by atoms with Gasteiger partial charge in [-0.2, -0.15) is 0 Å². The van der Waals surface area contributed by atoms with Crippen molar-refractivity contribution in [3.63, 3.8) is 0 Å². The van der Waals surface area contributed by atoms with Gasteiger partial charge in [-0.1, -0.05) is 37.3 Å². The molecule has 1 fully saturated rings. The minimum atomic E-state index is 0.0740. The van der Waals surface area contributed by atoms with Crippen molar-refractivity contribution in [3.05, 3.63) is 35.9 Å². The zero-order valence-electron chi connectivity index (χ0n) is 8.27. The van der Waals surface area contributed by atoms with E-state index in [0.717, 1.165) is 18.6 Å². The third-order valence-corrected chi connectivity index (χ3v) is 2.52. The van der Waals surface area contributed by atoms with Gasteiger partial charge in [0.25, 0.3) is 0 Å². The van der Waals surface area contributed by atoms with Crippen LogP contribution in [0.25, 0.3) is 0 Å². The molecule has 1 heterocycles. The Morgan fingerprint density at radius 3 is 2.71 bits per heavy atom. The summed E-state index contributed by atoms with van der Waals surface area (Å²) in [6.45, 7) is 2.80. The number of rotatable bonds is 4. The Morgan fingerprint density at radius 2 is 2.14 bits per heavy atom. The molecule has 1 aromatic carbocycles. The normalized spacial score (nSPS) is 21.6. The van der Waals surface area contributed by atoms with E-state index in [0.29, 0.717) is 6.10 Å². The predicted molar refractivity (Wildman–Crippen MR) is 54.3 cm³/mol. The Labute approximate surface area is 83.9 Å². The van der Waals surface area contributed by atoms with Crippen LogP contribution in [0.5, 0.6) is 0 Å². The number of ketones is 1. The van der Waals surface area contributed by atoms with E-state index in [1.807, 2.05) is 37.3 Å². The van der Waals surface area contributed by atoms with Crippen molar-refractivity contribution >= 4 is 5.78 Å². The summed E-state index contributed by atoms with van der Waals surface area (Å²) < 4.78 is 5.11. The highest BCUT2D eigenvalue weighted by Crippen LogP contribution is 2.21. The molecule has 1 saturated heterocycles. The first-order valence-corrected chi connectivity index (χ1v) is 4.98. The molecule has 1 aliphatic heterocycles. The number of carbonyl (C=O) groups excluding carboxylic acids is 1. The van der Waals surface area contributed by atoms with Gasteiger partial charge in [-0.05, 0) is 6.42 Å². The van der Waals surface area contributed by atoms with Gasteiger partial charge in [0.15, 0.2) is 5.78 Å². The standard InChI is InChI=1S/C12H14O2/c1-9(7-11-8-14-11)12(13)10-5-3-2-4-6-10/h2-6,9,11H,7-8H2,1H3. The van der Waals surface area contributed by atoms with Gasteiger partial charge < -0.3 is 4.74 Å². The highest BCUT2D eigenvalue weighted by atomic mass is 16.6. The highest BCUT2D eigenvalue weighted by molar-refractivity contribution is 5.97. The van der Waals surface area contributed by atoms with E-state index in [1.165, 1.54) is 0 Å². The number of epoxide rings is 1. The fourth-order valence-electron chi connectivity index (χ4n) is 1.59. The van der Waals surface area contributed by atoms with Crippen LogP contribution >= 0.6 is 0 Å². The van der Waals surface area contributed by atoms with E-state index in [2.05, 4.69) is 0 Å². The van der Waals surface area contributed by atoms with Gasteiger partial charge in [-0.15, -0.1) is 0 Å². The summed E-state index contributed by atoms with van der Waals surface area (Å²) in [6, 6.07) is 9.45. The Hall–Kier alpha value is -1.15. The molecular weight excluding hydrogens is 176 g/mol. The van der Waals surface area contributed by atoms with Crippen LogP contribution < -0.4 is 0 Å². The number of Topliss-reactive ketones (excluding diaryl/α,β-unsaturated/α-hetero) is 1. The van der Waals surface area contributed by atoms with Crippen molar-refractivity contribution in [1.82, 2.24) is 0 Å². The third kappa shape index (κ3) is 2.20. The van der Waals surface area contributed by atoms with E-state index < -0.39 is 0 Å². The lowest BCUT2D eigenvalue weighted by molar-refractivity contribution is 0.0918. The second-order valence-electron chi connectivity index (χ2n) is 3.82. The lowest BCUT2D eigenvalue weighted by Gasteiger charge is -2.07. The molecule has 74 valence electrons. The summed E-state index contributed by atoms with van der Waals surface area (Å²) in [6.07, 6.45) is 1.19. The van der Waals surface area contributed by atoms with Crippen LogP contribution in [-0.4, -0.2) is 18.5 Å². The molecule has 1 aromatic rings. The molecule has 2 atom stereocenters. The summed E-state index contributed by atoms with van der Waals surface area (Å²) in [4.78, 5) is 11.9. The molecule has 2 nitrogen and oxygen atoms in total. The molecule has 0 bridgehead atoms. The van der Waals surface area contributed by atoms with Crippen LogP contribution in [0.1, 0.15) is 23.7 Å². The first-order valence-electron chi connectivity index (χ1n) is 4.98. The van der Waals surface area contributed by atoms with Gasteiger partial charge in [0, 0.05) is 11.5 Å². The quantitative estimate of drug-likeness (QED) is 0.538. The van der Waals surface area contributed by atoms with Crippen LogP contribution in [0.2, 0.25) is 0 Å². The van der Waals surface area contributed by atoms with Gasteiger partial charge in [-0.25, -0.2) is 0 Å². The lowest BCUT2D eigenvalue weighted by Crippen LogP contribution is -2.13. The maximum atomic E-state index is 11.9. The molecule has 0 radical (unpaired) electrons. The van der Waals surface area contributed by atoms with Crippen LogP contribution in [0, 0.1) is 5.92 Å². The molecule has 0 spiro atoms. The molecule has 0 saturated carbocycles.